The Balaban J connectivity index is 1.85. The fraction of sp³-hybridized carbons (Fsp3) is 0.286. The molecule has 3 nitrogen and oxygen atoms in total. The van der Waals surface area contributed by atoms with Crippen molar-refractivity contribution in [3.8, 4) is 0 Å². The molecule has 4 rings (SSSR count). The zero-order chi connectivity index (χ0) is 18.5. The van der Waals surface area contributed by atoms with Crippen LogP contribution in [0.4, 0.5) is 5.69 Å². The second kappa shape index (κ2) is 6.04. The maximum Gasteiger partial charge on any atom is 0.223 e. The highest BCUT2D eigenvalue weighted by atomic mass is 35.5. The molecule has 1 saturated heterocycles. The van der Waals surface area contributed by atoms with Crippen molar-refractivity contribution in [2.24, 2.45) is 0 Å². The number of carbonyl (C=O) groups excluding carboxylic acids is 1. The number of hydrogen-bond donors (Lipinski definition) is 1. The molecule has 2 aliphatic heterocycles. The molecule has 0 unspecified atom stereocenters. The van der Waals surface area contributed by atoms with Crippen LogP contribution in [0.1, 0.15) is 31.4 Å². The molecule has 0 radical (unpaired) electrons. The van der Waals surface area contributed by atoms with Crippen molar-refractivity contribution in [2.75, 3.05) is 11.4 Å². The van der Waals surface area contributed by atoms with Crippen LogP contribution in [0.2, 0.25) is 10.0 Å². The first kappa shape index (κ1) is 17.4. The van der Waals surface area contributed by atoms with Crippen molar-refractivity contribution in [3.63, 3.8) is 0 Å². The van der Waals surface area contributed by atoms with Crippen LogP contribution in [0.3, 0.4) is 0 Å². The molecule has 26 heavy (non-hydrogen) atoms. The van der Waals surface area contributed by atoms with Crippen molar-refractivity contribution in [3.05, 3.63) is 69.7 Å². The minimum absolute atomic E-state index is 0.0639. The zero-order valence-electron chi connectivity index (χ0n) is 14.7. The predicted octanol–water partition coefficient (Wildman–Crippen LogP) is 5.02. The molecule has 1 atom stereocenters. The third kappa shape index (κ3) is 2.45. The molecule has 2 aromatic carbocycles. The number of nitrogens with one attached hydrogen (secondary N) is 1. The summed E-state index contributed by atoms with van der Waals surface area (Å²) in [6.07, 6.45) is 4.53. The number of benzene rings is 2. The Morgan fingerprint density at radius 2 is 1.92 bits per heavy atom. The molecule has 5 heteroatoms. The summed E-state index contributed by atoms with van der Waals surface area (Å²) in [5.74, 6) is 0.0639. The van der Waals surface area contributed by atoms with Crippen LogP contribution in [-0.4, -0.2) is 18.1 Å². The summed E-state index contributed by atoms with van der Waals surface area (Å²) >= 11 is 12.3. The highest BCUT2D eigenvalue weighted by molar-refractivity contribution is 6.35. The van der Waals surface area contributed by atoms with Crippen molar-refractivity contribution >= 4 is 40.9 Å². The van der Waals surface area contributed by atoms with E-state index in [1.807, 2.05) is 30.3 Å². The first-order valence-electron chi connectivity index (χ1n) is 8.68. The largest absolute Gasteiger partial charge is 0.344 e. The van der Waals surface area contributed by atoms with Gasteiger partial charge in [0.25, 0.3) is 0 Å². The van der Waals surface area contributed by atoms with Gasteiger partial charge in [-0.3, -0.25) is 4.79 Å². The van der Waals surface area contributed by atoms with Gasteiger partial charge in [0.15, 0.2) is 0 Å². The van der Waals surface area contributed by atoms with E-state index in [-0.39, 0.29) is 11.3 Å². The van der Waals surface area contributed by atoms with Gasteiger partial charge in [-0.1, -0.05) is 67.4 Å². The minimum Gasteiger partial charge on any atom is -0.344 e. The van der Waals surface area contributed by atoms with Gasteiger partial charge in [0, 0.05) is 34.1 Å². The van der Waals surface area contributed by atoms with E-state index >= 15 is 0 Å². The average Bonchev–Trinajstić information content (AvgIpc) is 2.79. The Morgan fingerprint density at radius 1 is 1.15 bits per heavy atom. The van der Waals surface area contributed by atoms with Crippen LogP contribution in [-0.2, 0) is 10.2 Å². The predicted molar refractivity (Wildman–Crippen MR) is 108 cm³/mol. The highest BCUT2D eigenvalue weighted by Crippen LogP contribution is 2.52. The molecule has 2 aromatic rings. The van der Waals surface area contributed by atoms with E-state index in [1.165, 1.54) is 11.3 Å². The molecule has 0 spiro atoms. The van der Waals surface area contributed by atoms with E-state index in [4.69, 9.17) is 23.2 Å². The third-order valence-electron chi connectivity index (χ3n) is 5.61. The summed E-state index contributed by atoms with van der Waals surface area (Å²) in [7, 11) is 0. The lowest BCUT2D eigenvalue weighted by Gasteiger charge is -2.49. The minimum atomic E-state index is -0.630. The molecule has 0 aromatic heterocycles. The molecule has 134 valence electrons. The van der Waals surface area contributed by atoms with E-state index in [2.05, 4.69) is 42.3 Å². The molecule has 0 bridgehead atoms. The van der Waals surface area contributed by atoms with Crippen LogP contribution in [0.25, 0.3) is 6.08 Å². The summed E-state index contributed by atoms with van der Waals surface area (Å²) in [6, 6.07) is 13.8. The van der Waals surface area contributed by atoms with Gasteiger partial charge in [-0.05, 0) is 35.4 Å². The molecule has 2 aliphatic rings. The molecule has 1 amide bonds. The lowest BCUT2D eigenvalue weighted by atomic mass is 9.74. The number of anilines is 1. The van der Waals surface area contributed by atoms with E-state index in [9.17, 15) is 4.79 Å². The molecule has 0 aliphatic carbocycles. The van der Waals surface area contributed by atoms with E-state index in [0.29, 0.717) is 23.0 Å². The van der Waals surface area contributed by atoms with Crippen LogP contribution in [0.15, 0.2) is 48.5 Å². The van der Waals surface area contributed by atoms with Crippen molar-refractivity contribution < 1.29 is 4.79 Å². The van der Waals surface area contributed by atoms with E-state index < -0.39 is 5.66 Å². The Kier molecular flexibility index (Phi) is 4.05. The summed E-state index contributed by atoms with van der Waals surface area (Å²) in [5.41, 5.74) is 2.35. The van der Waals surface area contributed by atoms with Gasteiger partial charge in [0.1, 0.15) is 5.66 Å². The Labute approximate surface area is 163 Å². The molecule has 0 saturated carbocycles. The van der Waals surface area contributed by atoms with Crippen LogP contribution < -0.4 is 10.2 Å². The number of amides is 1. The van der Waals surface area contributed by atoms with Crippen LogP contribution >= 0.6 is 23.2 Å². The van der Waals surface area contributed by atoms with Gasteiger partial charge in [0.05, 0.1) is 0 Å². The maximum absolute atomic E-state index is 12.4. The average molecular weight is 387 g/mol. The Hall–Kier alpha value is -1.97. The van der Waals surface area contributed by atoms with Gasteiger partial charge in [0.2, 0.25) is 5.91 Å². The SMILES string of the molecule is CC1(C)c2ccccc2N2CCC(=O)N[C@]21/C=C/c1ccc(Cl)cc1Cl. The molecular formula is C21H20Cl2N2O. The second-order valence-corrected chi connectivity index (χ2v) is 8.20. The van der Waals surface area contributed by atoms with Gasteiger partial charge >= 0.3 is 0 Å². The van der Waals surface area contributed by atoms with E-state index in [0.717, 1.165) is 5.56 Å². The number of fused-ring (bicyclic) bond motifs is 3. The van der Waals surface area contributed by atoms with Crippen LogP contribution in [0, 0.1) is 0 Å². The first-order chi connectivity index (χ1) is 12.3. The number of carbonyl (C=O) groups is 1. The van der Waals surface area contributed by atoms with Gasteiger partial charge < -0.3 is 10.2 Å². The lowest BCUT2D eigenvalue weighted by Crippen LogP contribution is -2.68. The Bertz CT molecular complexity index is 922. The number of hydrogen-bond acceptors (Lipinski definition) is 2. The highest BCUT2D eigenvalue weighted by Gasteiger charge is 2.57. The number of halogens is 2. The fourth-order valence-corrected chi connectivity index (χ4v) is 4.64. The lowest BCUT2D eigenvalue weighted by molar-refractivity contribution is -0.124. The Morgan fingerprint density at radius 3 is 2.69 bits per heavy atom. The number of para-hydroxylation sites is 1. The maximum atomic E-state index is 12.4. The standard InChI is InChI=1S/C21H20Cl2N2O/c1-20(2)16-5-3-4-6-18(16)25-12-10-19(26)24-21(20,25)11-9-14-7-8-15(22)13-17(14)23/h3-9,11,13H,10,12H2,1-2H3,(H,24,26)/b11-9+/t21-/m1/s1. The van der Waals surface area contributed by atoms with Crippen LogP contribution in [0.5, 0.6) is 0 Å². The topological polar surface area (TPSA) is 32.3 Å². The third-order valence-corrected chi connectivity index (χ3v) is 6.17. The quantitative estimate of drug-likeness (QED) is 0.785. The second-order valence-electron chi connectivity index (χ2n) is 7.36. The normalized spacial score (nSPS) is 23.7. The summed E-state index contributed by atoms with van der Waals surface area (Å²) in [5, 5.41) is 4.45. The molecule has 2 heterocycles. The summed E-state index contributed by atoms with van der Waals surface area (Å²) in [6.45, 7) is 5.03. The van der Waals surface area contributed by atoms with Crippen molar-refractivity contribution in [2.45, 2.75) is 31.3 Å². The molecular weight excluding hydrogens is 367 g/mol. The smallest absolute Gasteiger partial charge is 0.223 e. The molecule has 1 N–H and O–H groups in total. The molecule has 1 fully saturated rings. The van der Waals surface area contributed by atoms with Crippen molar-refractivity contribution in [1.29, 1.82) is 0 Å². The first-order valence-corrected chi connectivity index (χ1v) is 9.43. The zero-order valence-corrected chi connectivity index (χ0v) is 16.2. The van der Waals surface area contributed by atoms with Crippen molar-refractivity contribution in [1.82, 2.24) is 5.32 Å². The van der Waals surface area contributed by atoms with E-state index in [1.54, 1.807) is 6.07 Å². The fourth-order valence-electron chi connectivity index (χ4n) is 4.17. The van der Waals surface area contributed by atoms with Gasteiger partial charge in [-0.2, -0.15) is 0 Å². The van der Waals surface area contributed by atoms with Gasteiger partial charge in [-0.15, -0.1) is 0 Å². The van der Waals surface area contributed by atoms with Gasteiger partial charge in [-0.25, -0.2) is 0 Å². The number of nitrogens with zero attached hydrogens (tertiary/aromatic N) is 1. The monoisotopic (exact) mass is 386 g/mol. The summed E-state index contributed by atoms with van der Waals surface area (Å²) in [4.78, 5) is 14.7. The summed E-state index contributed by atoms with van der Waals surface area (Å²) < 4.78 is 0. The number of rotatable bonds is 2.